The van der Waals surface area contributed by atoms with Gasteiger partial charge in [0.25, 0.3) is 0 Å². The number of alkyl halides is 1. The molecule has 0 saturated heterocycles. The Balaban J connectivity index is 1.87. The van der Waals surface area contributed by atoms with Crippen molar-refractivity contribution in [3.63, 3.8) is 0 Å². The second kappa shape index (κ2) is 5.41. The number of allylic oxidation sites excluding steroid dienone is 4. The molecule has 6 heteroatoms. The maximum absolute atomic E-state index is 16.7. The van der Waals surface area contributed by atoms with Crippen molar-refractivity contribution in [3.8, 4) is 0 Å². The third kappa shape index (κ3) is 1.96. The fourth-order valence-corrected chi connectivity index (χ4v) is 7.21. The number of hydrogen-bond donors (Lipinski definition) is 2. The summed E-state index contributed by atoms with van der Waals surface area (Å²) in [6, 6.07) is 0. The number of thiol groups is 1. The summed E-state index contributed by atoms with van der Waals surface area (Å²) >= 11 is 3.93. The van der Waals surface area contributed by atoms with Crippen molar-refractivity contribution in [2.75, 3.05) is 0 Å². The predicted molar refractivity (Wildman–Crippen MR) is 101 cm³/mol. The Morgan fingerprint density at radius 3 is 2.59 bits per heavy atom. The second-order valence-corrected chi connectivity index (χ2v) is 9.70. The van der Waals surface area contributed by atoms with Crippen molar-refractivity contribution in [1.29, 1.82) is 0 Å². The highest BCUT2D eigenvalue weighted by atomic mass is 32.1. The van der Waals surface area contributed by atoms with Gasteiger partial charge in [-0.3, -0.25) is 14.4 Å². The topological polar surface area (TPSA) is 71.4 Å². The monoisotopic (exact) mass is 392 g/mol. The van der Waals surface area contributed by atoms with Crippen LogP contribution in [0, 0.1) is 28.6 Å². The first-order chi connectivity index (χ1) is 12.4. The molecule has 0 aliphatic heterocycles. The van der Waals surface area contributed by atoms with E-state index in [1.165, 1.54) is 12.2 Å². The summed E-state index contributed by atoms with van der Waals surface area (Å²) in [5.41, 5.74) is -5.40. The van der Waals surface area contributed by atoms with Gasteiger partial charge in [-0.1, -0.05) is 25.5 Å². The lowest BCUT2D eigenvalue weighted by molar-refractivity contribution is -0.182. The molecule has 27 heavy (non-hydrogen) atoms. The van der Waals surface area contributed by atoms with E-state index in [1.807, 2.05) is 0 Å². The Kier molecular flexibility index (Phi) is 3.82. The molecule has 0 heterocycles. The van der Waals surface area contributed by atoms with Crippen LogP contribution in [0.1, 0.15) is 46.5 Å². The highest BCUT2D eigenvalue weighted by Crippen LogP contribution is 2.69. The van der Waals surface area contributed by atoms with Crippen molar-refractivity contribution in [1.82, 2.24) is 0 Å². The van der Waals surface area contributed by atoms with Crippen molar-refractivity contribution >= 4 is 29.3 Å². The van der Waals surface area contributed by atoms with Crippen LogP contribution in [0.25, 0.3) is 0 Å². The predicted octanol–water partition coefficient (Wildman–Crippen LogP) is 3.00. The Morgan fingerprint density at radius 2 is 1.96 bits per heavy atom. The van der Waals surface area contributed by atoms with Gasteiger partial charge in [-0.2, -0.15) is 0 Å². The molecule has 0 aromatic carbocycles. The fraction of sp³-hybridized carbons (Fsp3) is 0.667. The highest BCUT2D eigenvalue weighted by molar-refractivity contribution is 7.96. The number of carbonyl (C=O) groups is 3. The van der Waals surface area contributed by atoms with Gasteiger partial charge in [0.2, 0.25) is 5.12 Å². The fourth-order valence-electron chi connectivity index (χ4n) is 6.73. The summed E-state index contributed by atoms with van der Waals surface area (Å²) in [6.45, 7) is 5.21. The number of fused-ring (bicyclic) bond motifs is 5. The molecule has 0 aromatic heterocycles. The van der Waals surface area contributed by atoms with E-state index in [0.717, 1.165) is 0 Å². The van der Waals surface area contributed by atoms with E-state index in [2.05, 4.69) is 12.6 Å². The maximum atomic E-state index is 16.7. The zero-order chi connectivity index (χ0) is 20.0. The van der Waals surface area contributed by atoms with Crippen LogP contribution in [-0.2, 0) is 14.4 Å². The molecule has 4 aliphatic rings. The van der Waals surface area contributed by atoms with Crippen LogP contribution >= 0.6 is 12.6 Å². The van der Waals surface area contributed by atoms with Crippen LogP contribution in [0.4, 0.5) is 4.39 Å². The Bertz CT molecular complexity index is 834. The minimum Gasteiger partial charge on any atom is -0.380 e. The molecular formula is C21H25FO4S. The third-order valence-corrected chi connectivity index (χ3v) is 8.65. The minimum absolute atomic E-state index is 0.179. The van der Waals surface area contributed by atoms with Crippen LogP contribution < -0.4 is 0 Å². The van der Waals surface area contributed by atoms with Gasteiger partial charge in [-0.25, -0.2) is 4.39 Å². The zero-order valence-electron chi connectivity index (χ0n) is 15.8. The first-order valence-corrected chi connectivity index (χ1v) is 10.00. The molecule has 146 valence electrons. The van der Waals surface area contributed by atoms with E-state index < -0.39 is 44.8 Å². The van der Waals surface area contributed by atoms with Crippen LogP contribution in [0.3, 0.4) is 0 Å². The van der Waals surface area contributed by atoms with Crippen molar-refractivity contribution in [2.45, 2.75) is 57.7 Å². The summed E-state index contributed by atoms with van der Waals surface area (Å²) in [4.78, 5) is 37.3. The normalized spacial score (nSPS) is 51.3. The molecule has 4 aliphatic carbocycles. The number of halogens is 1. The molecule has 0 aromatic rings. The molecule has 0 amide bonds. The van der Waals surface area contributed by atoms with Crippen LogP contribution in [0.15, 0.2) is 23.8 Å². The lowest BCUT2D eigenvalue weighted by Crippen LogP contribution is -2.67. The third-order valence-electron chi connectivity index (χ3n) is 8.31. The van der Waals surface area contributed by atoms with E-state index in [4.69, 9.17) is 0 Å². The number of ketones is 2. The second-order valence-electron chi connectivity index (χ2n) is 9.30. The van der Waals surface area contributed by atoms with Crippen molar-refractivity contribution < 1.29 is 23.9 Å². The number of Topliss-reactive ketones (excluding diaryl/α,β-unsaturated/α-hetero) is 1. The molecule has 1 N–H and O–H groups in total. The summed E-state index contributed by atoms with van der Waals surface area (Å²) in [5.74, 6) is -2.07. The summed E-state index contributed by atoms with van der Waals surface area (Å²) in [5, 5.41) is 10.6. The standard InChI is InChI=1S/C21H25FO4S/c1-11-8-15-14-5-4-12-9-13(23)6-7-18(12,2)20(14,22)16(24)10-19(15,3)21(11,26)17(25)27/h6-7,9,11,14-15,26H,4-5,8,10H2,1-3H3,(H,25,27)/t11-,14+,15+,18+,19+,20+,21+/m1/s1. The molecule has 0 bridgehead atoms. The molecule has 3 fully saturated rings. The van der Waals surface area contributed by atoms with Gasteiger partial charge in [0, 0.05) is 23.2 Å². The van der Waals surface area contributed by atoms with Crippen LogP contribution in [0.5, 0.6) is 0 Å². The highest BCUT2D eigenvalue weighted by Gasteiger charge is 2.75. The molecule has 0 unspecified atom stereocenters. The number of hydrogen-bond acceptors (Lipinski definition) is 4. The summed E-state index contributed by atoms with van der Waals surface area (Å²) in [7, 11) is 0. The summed E-state index contributed by atoms with van der Waals surface area (Å²) in [6.07, 6.45) is 5.58. The summed E-state index contributed by atoms with van der Waals surface area (Å²) < 4.78 is 16.7. The SMILES string of the molecule is C[C@@H]1C[C@H]2[C@@H]3CCC4=CC(=O)C=C[C@]4(C)[C@@]3(F)C(=O)C[C@]2(C)[C@@]1(O)C(=O)S. The zero-order valence-corrected chi connectivity index (χ0v) is 16.7. The molecule has 3 saturated carbocycles. The minimum atomic E-state index is -2.14. The number of aliphatic hydroxyl groups is 1. The molecular weight excluding hydrogens is 367 g/mol. The van der Waals surface area contributed by atoms with Crippen LogP contribution in [0.2, 0.25) is 0 Å². The first-order valence-electron chi connectivity index (χ1n) is 9.55. The van der Waals surface area contributed by atoms with Gasteiger partial charge in [-0.15, -0.1) is 12.6 Å². The lowest BCUT2D eigenvalue weighted by Gasteiger charge is -2.59. The van der Waals surface area contributed by atoms with Gasteiger partial charge in [0.05, 0.1) is 0 Å². The van der Waals surface area contributed by atoms with Crippen molar-refractivity contribution in [2.24, 2.45) is 28.6 Å². The Hall–Kier alpha value is -1.27. The smallest absolute Gasteiger partial charge is 0.218 e. The van der Waals surface area contributed by atoms with Gasteiger partial charge in [0.15, 0.2) is 17.2 Å². The molecule has 0 spiro atoms. The van der Waals surface area contributed by atoms with E-state index in [1.54, 1.807) is 26.8 Å². The van der Waals surface area contributed by atoms with E-state index in [0.29, 0.717) is 24.8 Å². The average molecular weight is 392 g/mol. The molecule has 4 nitrogen and oxygen atoms in total. The first kappa shape index (κ1) is 19.1. The van der Waals surface area contributed by atoms with Gasteiger partial charge in [-0.05, 0) is 50.2 Å². The average Bonchev–Trinajstić information content (AvgIpc) is 2.79. The molecule has 4 rings (SSSR count). The lowest BCUT2D eigenvalue weighted by atomic mass is 9.45. The van der Waals surface area contributed by atoms with Gasteiger partial charge in [0.1, 0.15) is 5.60 Å². The number of rotatable bonds is 1. The Labute approximate surface area is 163 Å². The van der Waals surface area contributed by atoms with E-state index in [9.17, 15) is 19.5 Å². The van der Waals surface area contributed by atoms with Gasteiger partial charge >= 0.3 is 0 Å². The molecule has 0 radical (unpaired) electrons. The number of carbonyl (C=O) groups excluding carboxylic acids is 3. The van der Waals surface area contributed by atoms with Crippen molar-refractivity contribution in [3.05, 3.63) is 23.8 Å². The maximum Gasteiger partial charge on any atom is 0.218 e. The quantitative estimate of drug-likeness (QED) is 0.673. The van der Waals surface area contributed by atoms with Crippen LogP contribution in [-0.4, -0.2) is 33.1 Å². The largest absolute Gasteiger partial charge is 0.380 e. The van der Waals surface area contributed by atoms with E-state index in [-0.39, 0.29) is 18.1 Å². The Morgan fingerprint density at radius 1 is 1.30 bits per heavy atom. The molecule has 7 atom stereocenters. The van der Waals surface area contributed by atoms with Gasteiger partial charge < -0.3 is 5.11 Å². The van der Waals surface area contributed by atoms with E-state index >= 15 is 4.39 Å².